The lowest BCUT2D eigenvalue weighted by atomic mass is 10.2. The molecule has 5 nitrogen and oxygen atoms in total. The number of carbonyl (C=O) groups is 1. The molecule has 0 saturated carbocycles. The third-order valence-electron chi connectivity index (χ3n) is 3.51. The van der Waals surface area contributed by atoms with Crippen LogP contribution in [0.15, 0.2) is 59.2 Å². The van der Waals surface area contributed by atoms with Crippen LogP contribution in [0.25, 0.3) is 0 Å². The zero-order valence-electron chi connectivity index (χ0n) is 13.5. The maximum atomic E-state index is 13.7. The lowest BCUT2D eigenvalue weighted by Gasteiger charge is -2.11. The monoisotopic (exact) mass is 437 g/mol. The lowest BCUT2D eigenvalue weighted by Crippen LogP contribution is -2.22. The molecule has 0 aliphatic rings. The molecule has 3 rings (SSSR count). The molecule has 134 valence electrons. The highest BCUT2D eigenvalue weighted by atomic mass is 79.9. The molecule has 1 heterocycles. The van der Waals surface area contributed by atoms with E-state index in [-0.39, 0.29) is 12.4 Å². The van der Waals surface area contributed by atoms with Gasteiger partial charge >= 0.3 is 0 Å². The molecule has 3 aromatic rings. The quantitative estimate of drug-likeness (QED) is 0.616. The SMILES string of the molecule is O=C(COc1ccc(Br)cc1F)Nc1ccnn1Cc1ccccc1Cl. The van der Waals surface area contributed by atoms with E-state index in [4.69, 9.17) is 16.3 Å². The van der Waals surface area contributed by atoms with E-state index in [0.29, 0.717) is 21.9 Å². The van der Waals surface area contributed by atoms with Crippen LogP contribution in [0.5, 0.6) is 5.75 Å². The molecule has 2 aromatic carbocycles. The van der Waals surface area contributed by atoms with Crippen LogP contribution >= 0.6 is 27.5 Å². The van der Waals surface area contributed by atoms with E-state index >= 15 is 0 Å². The molecular weight excluding hydrogens is 425 g/mol. The number of carbonyl (C=O) groups excluding carboxylic acids is 1. The number of benzene rings is 2. The molecule has 0 saturated heterocycles. The van der Waals surface area contributed by atoms with Crippen LogP contribution in [0.4, 0.5) is 10.2 Å². The lowest BCUT2D eigenvalue weighted by molar-refractivity contribution is -0.118. The predicted octanol–water partition coefficient (Wildman–Crippen LogP) is 4.50. The van der Waals surface area contributed by atoms with Gasteiger partial charge in [0.25, 0.3) is 5.91 Å². The molecule has 0 spiro atoms. The number of nitrogens with one attached hydrogen (secondary N) is 1. The number of rotatable bonds is 6. The summed E-state index contributed by atoms with van der Waals surface area (Å²) in [5.41, 5.74) is 0.876. The van der Waals surface area contributed by atoms with Gasteiger partial charge in [-0.15, -0.1) is 0 Å². The van der Waals surface area contributed by atoms with E-state index in [1.54, 1.807) is 29.1 Å². The molecule has 0 aliphatic carbocycles. The van der Waals surface area contributed by atoms with E-state index in [0.717, 1.165) is 5.56 Å². The minimum atomic E-state index is -0.545. The zero-order chi connectivity index (χ0) is 18.5. The van der Waals surface area contributed by atoms with Crippen LogP contribution in [0.2, 0.25) is 5.02 Å². The van der Waals surface area contributed by atoms with Crippen molar-refractivity contribution in [3.05, 3.63) is 75.6 Å². The third-order valence-corrected chi connectivity index (χ3v) is 4.38. The first-order chi connectivity index (χ1) is 12.5. The van der Waals surface area contributed by atoms with Crippen LogP contribution in [0, 0.1) is 5.82 Å². The summed E-state index contributed by atoms with van der Waals surface area (Å²) in [6.07, 6.45) is 1.57. The number of amides is 1. The Morgan fingerprint density at radius 2 is 2.08 bits per heavy atom. The summed E-state index contributed by atoms with van der Waals surface area (Å²) in [7, 11) is 0. The van der Waals surface area contributed by atoms with Crippen molar-refractivity contribution in [1.29, 1.82) is 0 Å². The number of nitrogens with zero attached hydrogens (tertiary/aromatic N) is 2. The van der Waals surface area contributed by atoms with Crippen molar-refractivity contribution in [2.24, 2.45) is 0 Å². The van der Waals surface area contributed by atoms with Gasteiger partial charge in [-0.3, -0.25) is 4.79 Å². The van der Waals surface area contributed by atoms with Crippen molar-refractivity contribution < 1.29 is 13.9 Å². The summed E-state index contributed by atoms with van der Waals surface area (Å²) in [6, 6.07) is 13.4. The molecule has 1 aromatic heterocycles. The second-order valence-electron chi connectivity index (χ2n) is 5.38. The molecule has 0 radical (unpaired) electrons. The van der Waals surface area contributed by atoms with Crippen molar-refractivity contribution in [3.8, 4) is 5.75 Å². The van der Waals surface area contributed by atoms with Gasteiger partial charge in [0, 0.05) is 15.6 Å². The number of hydrogen-bond donors (Lipinski definition) is 1. The van der Waals surface area contributed by atoms with E-state index < -0.39 is 11.7 Å². The van der Waals surface area contributed by atoms with Gasteiger partial charge in [-0.05, 0) is 29.8 Å². The van der Waals surface area contributed by atoms with Crippen LogP contribution in [-0.2, 0) is 11.3 Å². The first kappa shape index (κ1) is 18.4. The summed E-state index contributed by atoms with van der Waals surface area (Å²) >= 11 is 9.32. The van der Waals surface area contributed by atoms with E-state index in [1.807, 2.05) is 18.2 Å². The largest absolute Gasteiger partial charge is 0.481 e. The summed E-state index contributed by atoms with van der Waals surface area (Å²) in [4.78, 5) is 12.1. The highest BCUT2D eigenvalue weighted by molar-refractivity contribution is 9.10. The minimum absolute atomic E-state index is 0.00734. The fourth-order valence-corrected chi connectivity index (χ4v) is 2.80. The average Bonchev–Trinajstić information content (AvgIpc) is 3.03. The van der Waals surface area contributed by atoms with Crippen molar-refractivity contribution >= 4 is 39.3 Å². The third kappa shape index (κ3) is 4.62. The van der Waals surface area contributed by atoms with Gasteiger partial charge in [0.15, 0.2) is 18.2 Å². The topological polar surface area (TPSA) is 56.1 Å². The molecule has 0 bridgehead atoms. The molecule has 1 amide bonds. The van der Waals surface area contributed by atoms with Crippen LogP contribution in [0.1, 0.15) is 5.56 Å². The van der Waals surface area contributed by atoms with E-state index in [1.165, 1.54) is 12.1 Å². The fraction of sp³-hybridized carbons (Fsp3) is 0.111. The standard InChI is InChI=1S/C18H14BrClFN3O2/c19-13-5-6-16(15(21)9-13)26-11-18(25)23-17-7-8-22-24(17)10-12-3-1-2-4-14(12)20/h1-9H,10-11H2,(H,23,25). The molecule has 0 atom stereocenters. The van der Waals surface area contributed by atoms with E-state index in [2.05, 4.69) is 26.3 Å². The first-order valence-corrected chi connectivity index (χ1v) is 8.83. The first-order valence-electron chi connectivity index (χ1n) is 7.66. The number of halogens is 3. The van der Waals surface area contributed by atoms with Crippen LogP contribution < -0.4 is 10.1 Å². The smallest absolute Gasteiger partial charge is 0.263 e. The summed E-state index contributed by atoms with van der Waals surface area (Å²) in [6.45, 7) is 0.0836. The molecular formula is C18H14BrClFN3O2. The summed E-state index contributed by atoms with van der Waals surface area (Å²) in [5, 5.41) is 7.50. The zero-order valence-corrected chi connectivity index (χ0v) is 15.8. The minimum Gasteiger partial charge on any atom is -0.481 e. The number of ether oxygens (including phenoxy) is 1. The molecule has 8 heteroatoms. The van der Waals surface area contributed by atoms with Gasteiger partial charge in [-0.1, -0.05) is 45.7 Å². The summed E-state index contributed by atoms with van der Waals surface area (Å²) in [5.74, 6) is -0.466. The maximum absolute atomic E-state index is 13.7. The Hall–Kier alpha value is -2.38. The Balaban J connectivity index is 1.62. The van der Waals surface area contributed by atoms with E-state index in [9.17, 15) is 9.18 Å². The molecule has 0 aliphatic heterocycles. The van der Waals surface area contributed by atoms with Crippen molar-refractivity contribution in [2.75, 3.05) is 11.9 Å². The summed E-state index contributed by atoms with van der Waals surface area (Å²) < 4.78 is 21.1. The molecule has 1 N–H and O–H groups in total. The number of aromatic nitrogens is 2. The van der Waals surface area contributed by atoms with Crippen molar-refractivity contribution in [2.45, 2.75) is 6.54 Å². The van der Waals surface area contributed by atoms with Gasteiger partial charge in [0.1, 0.15) is 5.82 Å². The normalized spacial score (nSPS) is 10.6. The molecule has 0 unspecified atom stereocenters. The Kier molecular flexibility index (Phi) is 5.90. The predicted molar refractivity (Wildman–Crippen MR) is 101 cm³/mol. The Morgan fingerprint density at radius 1 is 1.27 bits per heavy atom. The number of anilines is 1. The molecule has 0 fully saturated rings. The fourth-order valence-electron chi connectivity index (χ4n) is 2.27. The van der Waals surface area contributed by atoms with Gasteiger partial charge in [-0.25, -0.2) is 9.07 Å². The second kappa shape index (κ2) is 8.33. The molecule has 26 heavy (non-hydrogen) atoms. The van der Waals surface area contributed by atoms with Gasteiger partial charge < -0.3 is 10.1 Å². The van der Waals surface area contributed by atoms with Gasteiger partial charge in [0.05, 0.1) is 12.7 Å². The van der Waals surface area contributed by atoms with Crippen molar-refractivity contribution in [3.63, 3.8) is 0 Å². The van der Waals surface area contributed by atoms with Gasteiger partial charge in [-0.2, -0.15) is 5.10 Å². The van der Waals surface area contributed by atoms with Crippen LogP contribution in [0.3, 0.4) is 0 Å². The maximum Gasteiger partial charge on any atom is 0.263 e. The number of hydrogen-bond acceptors (Lipinski definition) is 3. The Morgan fingerprint density at radius 3 is 2.85 bits per heavy atom. The van der Waals surface area contributed by atoms with Crippen molar-refractivity contribution in [1.82, 2.24) is 9.78 Å². The second-order valence-corrected chi connectivity index (χ2v) is 6.70. The Labute approximate surface area is 162 Å². The highest BCUT2D eigenvalue weighted by Gasteiger charge is 2.11. The average molecular weight is 439 g/mol. The Bertz CT molecular complexity index is 932. The highest BCUT2D eigenvalue weighted by Crippen LogP contribution is 2.21. The van der Waals surface area contributed by atoms with Crippen LogP contribution in [-0.4, -0.2) is 22.3 Å². The van der Waals surface area contributed by atoms with Gasteiger partial charge in [0.2, 0.25) is 0 Å².